The molecule has 2 aliphatic rings. The van der Waals surface area contributed by atoms with Crippen molar-refractivity contribution in [3.05, 3.63) is 42.0 Å². The van der Waals surface area contributed by atoms with E-state index in [1.165, 1.54) is 6.07 Å². The first-order valence-electron chi connectivity index (χ1n) is 9.25. The number of esters is 1. The summed E-state index contributed by atoms with van der Waals surface area (Å²) in [6, 6.07) is 9.94. The van der Waals surface area contributed by atoms with Crippen LogP contribution in [0.15, 0.2) is 36.4 Å². The molecule has 1 heterocycles. The molecule has 7 nitrogen and oxygen atoms in total. The molecule has 1 aliphatic heterocycles. The van der Waals surface area contributed by atoms with E-state index in [-0.39, 0.29) is 34.9 Å². The Labute approximate surface area is 162 Å². The summed E-state index contributed by atoms with van der Waals surface area (Å²) < 4.78 is 28.7. The second kappa shape index (κ2) is 7.09. The van der Waals surface area contributed by atoms with Gasteiger partial charge in [0.15, 0.2) is 16.4 Å². The Bertz CT molecular complexity index is 1040. The highest BCUT2D eigenvalue weighted by Gasteiger charge is 2.42. The molecular weight excluding hydrogens is 382 g/mol. The molecular formula is C20H21NO6S. The highest BCUT2D eigenvalue weighted by atomic mass is 32.2. The zero-order chi connectivity index (χ0) is 19.9. The first-order valence-corrected chi connectivity index (χ1v) is 11.1. The van der Waals surface area contributed by atoms with Crippen LogP contribution in [0.5, 0.6) is 5.75 Å². The van der Waals surface area contributed by atoms with Crippen LogP contribution in [0.3, 0.4) is 0 Å². The van der Waals surface area contributed by atoms with Crippen molar-refractivity contribution in [2.45, 2.75) is 31.3 Å². The van der Waals surface area contributed by atoms with E-state index in [1.807, 2.05) is 12.1 Å². The van der Waals surface area contributed by atoms with Gasteiger partial charge in [-0.15, -0.1) is 0 Å². The summed E-state index contributed by atoms with van der Waals surface area (Å²) in [5.41, 5.74) is -0.00656. The van der Waals surface area contributed by atoms with Crippen LogP contribution in [0.4, 0.5) is 0 Å². The van der Waals surface area contributed by atoms with Gasteiger partial charge >= 0.3 is 5.97 Å². The van der Waals surface area contributed by atoms with Gasteiger partial charge < -0.3 is 14.7 Å². The number of nitrogens with zero attached hydrogens (tertiary/aromatic N) is 1. The van der Waals surface area contributed by atoms with Gasteiger partial charge in [0.1, 0.15) is 11.3 Å². The van der Waals surface area contributed by atoms with E-state index in [0.717, 1.165) is 18.2 Å². The number of sulfone groups is 1. The Morgan fingerprint density at radius 3 is 2.50 bits per heavy atom. The first kappa shape index (κ1) is 18.7. The molecule has 1 atom stereocenters. The van der Waals surface area contributed by atoms with Crippen molar-refractivity contribution in [3.63, 3.8) is 0 Å². The number of fused-ring (bicyclic) bond motifs is 1. The van der Waals surface area contributed by atoms with E-state index >= 15 is 0 Å². The smallest absolute Gasteiger partial charge is 0.342 e. The van der Waals surface area contributed by atoms with Crippen molar-refractivity contribution < 1.29 is 27.9 Å². The van der Waals surface area contributed by atoms with E-state index in [9.17, 15) is 23.1 Å². The van der Waals surface area contributed by atoms with E-state index in [0.29, 0.717) is 11.8 Å². The first-order chi connectivity index (χ1) is 13.4. The van der Waals surface area contributed by atoms with Gasteiger partial charge in [-0.3, -0.25) is 4.79 Å². The van der Waals surface area contributed by atoms with Gasteiger partial charge in [-0.2, -0.15) is 0 Å². The lowest BCUT2D eigenvalue weighted by Crippen LogP contribution is -2.44. The maximum Gasteiger partial charge on any atom is 0.342 e. The number of carbonyl (C=O) groups is 2. The number of aromatic hydroxyl groups is 1. The molecule has 0 unspecified atom stereocenters. The normalized spacial score (nSPS) is 20.8. The molecule has 4 rings (SSSR count). The van der Waals surface area contributed by atoms with E-state index in [1.54, 1.807) is 23.1 Å². The fourth-order valence-electron chi connectivity index (χ4n) is 3.75. The predicted molar refractivity (Wildman–Crippen MR) is 103 cm³/mol. The van der Waals surface area contributed by atoms with Gasteiger partial charge in [0.05, 0.1) is 11.5 Å². The molecule has 0 radical (unpaired) electrons. The number of benzene rings is 2. The summed E-state index contributed by atoms with van der Waals surface area (Å²) in [5, 5.41) is 11.7. The average molecular weight is 403 g/mol. The molecule has 2 aromatic rings. The molecule has 1 saturated carbocycles. The van der Waals surface area contributed by atoms with E-state index in [4.69, 9.17) is 4.74 Å². The van der Waals surface area contributed by atoms with Crippen LogP contribution in [0.25, 0.3) is 10.8 Å². The summed E-state index contributed by atoms with van der Waals surface area (Å²) in [5.74, 6) is -1.31. The lowest BCUT2D eigenvalue weighted by atomic mass is 10.1. The molecule has 148 valence electrons. The third-order valence-corrected chi connectivity index (χ3v) is 7.03. The van der Waals surface area contributed by atoms with Gasteiger partial charge in [-0.05, 0) is 30.7 Å². The van der Waals surface area contributed by atoms with Crippen molar-refractivity contribution in [2.75, 3.05) is 18.1 Å². The fraction of sp³-hybridized carbons (Fsp3) is 0.400. The molecule has 0 bridgehead atoms. The van der Waals surface area contributed by atoms with Gasteiger partial charge in [0.2, 0.25) is 0 Å². The minimum Gasteiger partial charge on any atom is -0.506 e. The van der Waals surface area contributed by atoms with Crippen LogP contribution in [0.1, 0.15) is 29.6 Å². The second-order valence-electron chi connectivity index (χ2n) is 7.35. The zero-order valence-electron chi connectivity index (χ0n) is 15.2. The van der Waals surface area contributed by atoms with Crippen LogP contribution in [-0.4, -0.2) is 60.5 Å². The summed E-state index contributed by atoms with van der Waals surface area (Å²) >= 11 is 0. The van der Waals surface area contributed by atoms with Gasteiger partial charge in [-0.25, -0.2) is 13.2 Å². The maximum absolute atomic E-state index is 12.6. The summed E-state index contributed by atoms with van der Waals surface area (Å²) in [6.07, 6.45) is 2.09. The minimum atomic E-state index is -3.12. The van der Waals surface area contributed by atoms with E-state index in [2.05, 4.69) is 0 Å². The largest absolute Gasteiger partial charge is 0.506 e. The van der Waals surface area contributed by atoms with Crippen molar-refractivity contribution >= 4 is 32.5 Å². The van der Waals surface area contributed by atoms with Crippen LogP contribution in [0.2, 0.25) is 0 Å². The number of amides is 1. The monoisotopic (exact) mass is 403 g/mol. The van der Waals surface area contributed by atoms with Crippen molar-refractivity contribution in [1.29, 1.82) is 0 Å². The van der Waals surface area contributed by atoms with Crippen molar-refractivity contribution in [2.24, 2.45) is 0 Å². The highest BCUT2D eigenvalue weighted by Crippen LogP contribution is 2.33. The number of rotatable bonds is 5. The average Bonchev–Trinajstić information content (AvgIpc) is 3.43. The Hall–Kier alpha value is -2.61. The van der Waals surface area contributed by atoms with Crippen LogP contribution in [-0.2, 0) is 19.4 Å². The van der Waals surface area contributed by atoms with Crippen LogP contribution in [0, 0.1) is 0 Å². The summed E-state index contributed by atoms with van der Waals surface area (Å²) in [7, 11) is -3.12. The fourth-order valence-corrected chi connectivity index (χ4v) is 5.46. The molecule has 0 aromatic heterocycles. The standard InChI is InChI=1S/C20H21NO6S/c22-18(21(14-6-7-14)15-9-10-28(25,26)12-15)11-27-20(24)17-8-5-13-3-1-2-4-16(13)19(17)23/h1-5,8,14-15,23H,6-7,9-12H2/t15-/m0/s1. The molecule has 2 fully saturated rings. The SMILES string of the molecule is O=C(OCC(=O)N(C1CC1)[C@H]1CCS(=O)(=O)C1)c1ccc2ccccc2c1O. The van der Waals surface area contributed by atoms with Crippen LogP contribution < -0.4 is 0 Å². The minimum absolute atomic E-state index is 0.00656. The molecule has 28 heavy (non-hydrogen) atoms. The molecule has 1 saturated heterocycles. The second-order valence-corrected chi connectivity index (χ2v) is 9.58. The third-order valence-electron chi connectivity index (χ3n) is 5.28. The predicted octanol–water partition coefficient (Wildman–Crippen LogP) is 1.88. The van der Waals surface area contributed by atoms with Crippen molar-refractivity contribution in [3.8, 4) is 5.75 Å². The molecule has 1 amide bonds. The molecule has 0 spiro atoms. The number of phenols is 1. The Morgan fingerprint density at radius 2 is 1.82 bits per heavy atom. The molecule has 1 N–H and O–H groups in total. The van der Waals surface area contributed by atoms with Gasteiger partial charge in [0, 0.05) is 17.5 Å². The van der Waals surface area contributed by atoms with Crippen molar-refractivity contribution in [1.82, 2.24) is 4.90 Å². The van der Waals surface area contributed by atoms with Crippen LogP contribution >= 0.6 is 0 Å². The Morgan fingerprint density at radius 1 is 1.07 bits per heavy atom. The van der Waals surface area contributed by atoms with Gasteiger partial charge in [-0.1, -0.05) is 30.3 Å². The lowest BCUT2D eigenvalue weighted by Gasteiger charge is -2.28. The number of phenolic OH excluding ortho intramolecular Hbond substituents is 1. The summed E-state index contributed by atoms with van der Waals surface area (Å²) in [4.78, 5) is 26.6. The number of ether oxygens (including phenoxy) is 1. The quantitative estimate of drug-likeness (QED) is 0.765. The Kier molecular flexibility index (Phi) is 4.74. The molecule has 1 aliphatic carbocycles. The molecule has 8 heteroatoms. The number of hydrogen-bond acceptors (Lipinski definition) is 6. The molecule has 2 aromatic carbocycles. The van der Waals surface area contributed by atoms with E-state index < -0.39 is 28.3 Å². The maximum atomic E-state index is 12.6. The number of hydrogen-bond donors (Lipinski definition) is 1. The third kappa shape index (κ3) is 3.69. The van der Waals surface area contributed by atoms with Gasteiger partial charge in [0.25, 0.3) is 5.91 Å². The zero-order valence-corrected chi connectivity index (χ0v) is 16.0. The highest BCUT2D eigenvalue weighted by molar-refractivity contribution is 7.91. The summed E-state index contributed by atoms with van der Waals surface area (Å²) in [6.45, 7) is -0.474. The number of carbonyl (C=O) groups excluding carboxylic acids is 2. The topological polar surface area (TPSA) is 101 Å². The Balaban J connectivity index is 1.45. The lowest BCUT2D eigenvalue weighted by molar-refractivity contribution is -0.137.